The Morgan fingerprint density at radius 2 is 1.76 bits per heavy atom. The van der Waals surface area contributed by atoms with E-state index in [0.717, 1.165) is 0 Å². The fourth-order valence-electron chi connectivity index (χ4n) is 1.60. The minimum absolute atomic E-state index is 0. The first kappa shape index (κ1) is 19.9. The Labute approximate surface area is 131 Å². The number of amides is 1. The monoisotopic (exact) mass is 335 g/mol. The maximum Gasteiger partial charge on any atom is 0.241 e. The third kappa shape index (κ3) is 5.62. The molecule has 0 spiro atoms. The SMILES string of the molecule is Cc1cc(NC(=O)[C@@H](N)C(C)(C)C)cc(S(N)(=O)=O)c1.Cl. The molecule has 6 nitrogen and oxygen atoms in total. The first-order valence-corrected chi connectivity index (χ1v) is 7.67. The summed E-state index contributed by atoms with van der Waals surface area (Å²) in [7, 11) is -3.81. The van der Waals surface area contributed by atoms with Gasteiger partial charge in [-0.2, -0.15) is 0 Å². The Kier molecular flexibility index (Phi) is 6.37. The van der Waals surface area contributed by atoms with E-state index >= 15 is 0 Å². The van der Waals surface area contributed by atoms with E-state index < -0.39 is 21.5 Å². The number of anilines is 1. The van der Waals surface area contributed by atoms with Crippen molar-refractivity contribution in [1.82, 2.24) is 0 Å². The number of hydrogen-bond acceptors (Lipinski definition) is 4. The molecule has 1 amide bonds. The molecule has 120 valence electrons. The standard InChI is InChI=1S/C13H21N3O3S.ClH/c1-8-5-9(7-10(6-8)20(15,18)19)16-12(17)11(14)13(2,3)4;/h5-7,11H,14H2,1-4H3,(H,16,17)(H2,15,18,19);1H/t11-;/m1./s1. The van der Waals surface area contributed by atoms with Crippen molar-refractivity contribution in [2.75, 3.05) is 5.32 Å². The fourth-order valence-corrected chi connectivity index (χ4v) is 2.24. The minimum Gasteiger partial charge on any atom is -0.325 e. The zero-order valence-electron chi connectivity index (χ0n) is 12.5. The zero-order valence-corrected chi connectivity index (χ0v) is 14.1. The highest BCUT2D eigenvalue weighted by atomic mass is 35.5. The molecule has 0 aliphatic rings. The van der Waals surface area contributed by atoms with Crippen molar-refractivity contribution in [1.29, 1.82) is 0 Å². The van der Waals surface area contributed by atoms with E-state index in [1.54, 1.807) is 13.0 Å². The summed E-state index contributed by atoms with van der Waals surface area (Å²) in [5, 5.41) is 7.71. The second kappa shape index (κ2) is 6.74. The number of halogens is 1. The van der Waals surface area contributed by atoms with E-state index in [1.807, 2.05) is 20.8 Å². The number of hydrogen-bond donors (Lipinski definition) is 3. The first-order valence-electron chi connectivity index (χ1n) is 6.12. The predicted octanol–water partition coefficient (Wildman–Crippen LogP) is 1.38. The quantitative estimate of drug-likeness (QED) is 0.773. The molecule has 1 rings (SSSR count). The van der Waals surface area contributed by atoms with Gasteiger partial charge in [0, 0.05) is 5.69 Å². The van der Waals surface area contributed by atoms with E-state index in [9.17, 15) is 13.2 Å². The number of benzene rings is 1. The molecule has 0 aromatic heterocycles. The van der Waals surface area contributed by atoms with Crippen molar-refractivity contribution < 1.29 is 13.2 Å². The number of rotatable bonds is 3. The van der Waals surface area contributed by atoms with Crippen LogP contribution in [-0.2, 0) is 14.8 Å². The lowest BCUT2D eigenvalue weighted by Crippen LogP contribution is -2.45. The average Bonchev–Trinajstić information content (AvgIpc) is 2.24. The Bertz CT molecular complexity index is 624. The van der Waals surface area contributed by atoms with Gasteiger partial charge in [-0.3, -0.25) is 4.79 Å². The van der Waals surface area contributed by atoms with Gasteiger partial charge in [-0.15, -0.1) is 12.4 Å². The summed E-state index contributed by atoms with van der Waals surface area (Å²) < 4.78 is 22.7. The molecule has 1 atom stereocenters. The number of carbonyl (C=O) groups is 1. The van der Waals surface area contributed by atoms with Crippen molar-refractivity contribution in [2.24, 2.45) is 16.3 Å². The van der Waals surface area contributed by atoms with Crippen LogP contribution in [0.25, 0.3) is 0 Å². The topological polar surface area (TPSA) is 115 Å². The summed E-state index contributed by atoms with van der Waals surface area (Å²) in [6.07, 6.45) is 0. The maximum absolute atomic E-state index is 12.0. The lowest BCUT2D eigenvalue weighted by molar-refractivity contribution is -0.119. The molecule has 5 N–H and O–H groups in total. The molecule has 0 fully saturated rings. The van der Waals surface area contributed by atoms with Crippen LogP contribution >= 0.6 is 12.4 Å². The van der Waals surface area contributed by atoms with Crippen molar-refractivity contribution >= 4 is 34.0 Å². The van der Waals surface area contributed by atoms with Gasteiger partial charge in [-0.25, -0.2) is 13.6 Å². The van der Waals surface area contributed by atoms with Crippen LogP contribution in [0.2, 0.25) is 0 Å². The summed E-state index contributed by atoms with van der Waals surface area (Å²) in [5.74, 6) is -0.372. The van der Waals surface area contributed by atoms with Crippen molar-refractivity contribution in [3.8, 4) is 0 Å². The van der Waals surface area contributed by atoms with Gasteiger partial charge in [-0.1, -0.05) is 20.8 Å². The highest BCUT2D eigenvalue weighted by Gasteiger charge is 2.27. The normalized spacial score (nSPS) is 13.2. The summed E-state index contributed by atoms with van der Waals surface area (Å²) in [5.41, 5.74) is 6.49. The molecule has 8 heteroatoms. The van der Waals surface area contributed by atoms with Gasteiger partial charge in [0.05, 0.1) is 10.9 Å². The number of aryl methyl sites for hydroxylation is 1. The highest BCUT2D eigenvalue weighted by Crippen LogP contribution is 2.21. The van der Waals surface area contributed by atoms with Gasteiger partial charge in [0.25, 0.3) is 0 Å². The first-order chi connectivity index (χ1) is 8.91. The molecule has 0 radical (unpaired) electrons. The number of carbonyl (C=O) groups excluding carboxylic acids is 1. The van der Waals surface area contributed by atoms with Crippen LogP contribution in [0.4, 0.5) is 5.69 Å². The number of nitrogens with one attached hydrogen (secondary N) is 1. The van der Waals surface area contributed by atoms with E-state index in [4.69, 9.17) is 10.9 Å². The summed E-state index contributed by atoms with van der Waals surface area (Å²) in [4.78, 5) is 12.0. The third-order valence-electron chi connectivity index (χ3n) is 2.86. The Hall–Kier alpha value is -1.15. The predicted molar refractivity (Wildman–Crippen MR) is 85.9 cm³/mol. The van der Waals surface area contributed by atoms with E-state index in [2.05, 4.69) is 5.32 Å². The largest absolute Gasteiger partial charge is 0.325 e. The lowest BCUT2D eigenvalue weighted by atomic mass is 9.87. The van der Waals surface area contributed by atoms with Gasteiger partial charge >= 0.3 is 0 Å². The van der Waals surface area contributed by atoms with Gasteiger partial charge < -0.3 is 11.1 Å². The second-order valence-corrected chi connectivity index (χ2v) is 7.47. The molecule has 0 aliphatic heterocycles. The van der Waals surface area contributed by atoms with E-state index in [-0.39, 0.29) is 23.2 Å². The highest BCUT2D eigenvalue weighted by molar-refractivity contribution is 7.89. The second-order valence-electron chi connectivity index (χ2n) is 5.91. The Morgan fingerprint density at radius 3 is 2.19 bits per heavy atom. The maximum atomic E-state index is 12.0. The molecule has 0 saturated heterocycles. The van der Waals surface area contributed by atoms with Crippen LogP contribution in [0, 0.1) is 12.3 Å². The van der Waals surface area contributed by atoms with Crippen LogP contribution in [-0.4, -0.2) is 20.4 Å². The van der Waals surface area contributed by atoms with Crippen molar-refractivity contribution in [3.63, 3.8) is 0 Å². The molecular formula is C13H22ClN3O3S. The summed E-state index contributed by atoms with van der Waals surface area (Å²) in [6, 6.07) is 3.70. The van der Waals surface area contributed by atoms with Crippen molar-refractivity contribution in [3.05, 3.63) is 23.8 Å². The molecule has 21 heavy (non-hydrogen) atoms. The number of primary sulfonamides is 1. The zero-order chi connectivity index (χ0) is 15.7. The van der Waals surface area contributed by atoms with Crippen LogP contribution < -0.4 is 16.2 Å². The summed E-state index contributed by atoms with van der Waals surface area (Å²) in [6.45, 7) is 7.27. The summed E-state index contributed by atoms with van der Waals surface area (Å²) >= 11 is 0. The molecule has 1 aromatic rings. The fraction of sp³-hybridized carbons (Fsp3) is 0.462. The Balaban J connectivity index is 0.00000400. The third-order valence-corrected chi connectivity index (χ3v) is 3.76. The molecule has 0 aliphatic carbocycles. The molecule has 0 heterocycles. The van der Waals surface area contributed by atoms with Gasteiger partial charge in [-0.05, 0) is 36.1 Å². The lowest BCUT2D eigenvalue weighted by Gasteiger charge is -2.25. The van der Waals surface area contributed by atoms with Crippen LogP contribution in [0.5, 0.6) is 0 Å². The molecule has 0 unspecified atom stereocenters. The van der Waals surface area contributed by atoms with Gasteiger partial charge in [0.15, 0.2) is 0 Å². The van der Waals surface area contributed by atoms with Crippen LogP contribution in [0.3, 0.4) is 0 Å². The number of sulfonamides is 1. The Morgan fingerprint density at radius 1 is 1.24 bits per heavy atom. The average molecular weight is 336 g/mol. The minimum atomic E-state index is -3.81. The molecule has 0 saturated carbocycles. The van der Waals surface area contributed by atoms with Crippen molar-refractivity contribution in [2.45, 2.75) is 38.6 Å². The molecular weight excluding hydrogens is 314 g/mol. The van der Waals surface area contributed by atoms with E-state index in [0.29, 0.717) is 11.3 Å². The van der Waals surface area contributed by atoms with E-state index in [1.165, 1.54) is 12.1 Å². The molecule has 1 aromatic carbocycles. The van der Waals surface area contributed by atoms with Crippen LogP contribution in [0.15, 0.2) is 23.1 Å². The van der Waals surface area contributed by atoms with Crippen LogP contribution in [0.1, 0.15) is 26.3 Å². The smallest absolute Gasteiger partial charge is 0.241 e. The number of nitrogens with two attached hydrogens (primary N) is 2. The van der Waals surface area contributed by atoms with Gasteiger partial charge in [0.2, 0.25) is 15.9 Å². The van der Waals surface area contributed by atoms with Gasteiger partial charge in [0.1, 0.15) is 0 Å². The molecule has 0 bridgehead atoms.